The summed E-state index contributed by atoms with van der Waals surface area (Å²) in [7, 11) is -3.00. The molecule has 1 amide bonds. The van der Waals surface area contributed by atoms with Gasteiger partial charge in [0.1, 0.15) is 0 Å². The number of carbonyl (C=O) groups excluding carboxylic acids is 1. The average molecular weight is 330 g/mol. The van der Waals surface area contributed by atoms with Crippen LogP contribution in [0, 0.1) is 11.8 Å². The van der Waals surface area contributed by atoms with Crippen LogP contribution in [0.1, 0.15) is 19.8 Å². The van der Waals surface area contributed by atoms with Crippen molar-refractivity contribution in [1.82, 2.24) is 9.80 Å². The highest BCUT2D eigenvalue weighted by atomic mass is 32.2. The third-order valence-corrected chi connectivity index (χ3v) is 7.11. The molecular weight excluding hydrogens is 304 g/mol. The molecule has 0 radical (unpaired) electrons. The maximum Gasteiger partial charge on any atom is 0.226 e. The Hall–Kier alpha value is -0.660. The standard InChI is InChI=1S/C15H26N2O4S/c1-2-12-9-17(10-14(12)16-4-6-21-7-5-16)15(18)13-3-8-22(19,20)11-13/h12-14H,2-11H2,1H3/t12-,13-,14+/m1/s1. The van der Waals surface area contributed by atoms with Crippen molar-refractivity contribution in [3.8, 4) is 0 Å². The SMILES string of the molecule is CC[C@@H]1CN(C(=O)[C@@H]2CCS(=O)(=O)C2)C[C@@H]1N1CCOCC1. The van der Waals surface area contributed by atoms with Gasteiger partial charge in [0.05, 0.1) is 30.6 Å². The summed E-state index contributed by atoms with van der Waals surface area (Å²) in [5.74, 6) is 0.434. The van der Waals surface area contributed by atoms with Gasteiger partial charge in [-0.2, -0.15) is 0 Å². The van der Waals surface area contributed by atoms with Crippen LogP contribution in [-0.2, 0) is 19.4 Å². The van der Waals surface area contributed by atoms with E-state index >= 15 is 0 Å². The number of hydrogen-bond acceptors (Lipinski definition) is 5. The van der Waals surface area contributed by atoms with Crippen molar-refractivity contribution in [2.24, 2.45) is 11.8 Å². The number of morpholine rings is 1. The molecule has 22 heavy (non-hydrogen) atoms. The highest BCUT2D eigenvalue weighted by Crippen LogP contribution is 2.29. The number of hydrogen-bond donors (Lipinski definition) is 0. The van der Waals surface area contributed by atoms with Gasteiger partial charge in [0.15, 0.2) is 9.84 Å². The number of nitrogens with zero attached hydrogens (tertiary/aromatic N) is 2. The molecular formula is C15H26N2O4S. The van der Waals surface area contributed by atoms with E-state index in [1.807, 2.05) is 4.90 Å². The lowest BCUT2D eigenvalue weighted by Gasteiger charge is -2.34. The van der Waals surface area contributed by atoms with Gasteiger partial charge in [0.2, 0.25) is 5.91 Å². The average Bonchev–Trinajstić information content (AvgIpc) is 3.10. The number of rotatable bonds is 3. The first-order valence-corrected chi connectivity index (χ1v) is 10.1. The molecule has 0 aromatic rings. The summed E-state index contributed by atoms with van der Waals surface area (Å²) in [6.45, 7) is 7.08. The lowest BCUT2D eigenvalue weighted by atomic mass is 9.99. The number of likely N-dealkylation sites (tertiary alicyclic amines) is 1. The van der Waals surface area contributed by atoms with E-state index in [1.165, 1.54) is 0 Å². The van der Waals surface area contributed by atoms with Crippen LogP contribution in [0.3, 0.4) is 0 Å². The molecule has 6 nitrogen and oxygen atoms in total. The first kappa shape index (κ1) is 16.2. The van der Waals surface area contributed by atoms with Gasteiger partial charge in [-0.3, -0.25) is 9.69 Å². The van der Waals surface area contributed by atoms with Gasteiger partial charge >= 0.3 is 0 Å². The molecule has 0 saturated carbocycles. The molecule has 0 spiro atoms. The lowest BCUT2D eigenvalue weighted by Crippen LogP contribution is -2.47. The maximum absolute atomic E-state index is 12.6. The van der Waals surface area contributed by atoms with Crippen molar-refractivity contribution in [3.63, 3.8) is 0 Å². The highest BCUT2D eigenvalue weighted by molar-refractivity contribution is 7.91. The molecule has 7 heteroatoms. The third-order valence-electron chi connectivity index (χ3n) is 5.34. The predicted octanol–water partition coefficient (Wildman–Crippen LogP) is -0.00970. The second-order valence-electron chi connectivity index (χ2n) is 6.73. The van der Waals surface area contributed by atoms with E-state index < -0.39 is 9.84 Å². The van der Waals surface area contributed by atoms with E-state index in [9.17, 15) is 13.2 Å². The minimum Gasteiger partial charge on any atom is -0.379 e. The van der Waals surface area contributed by atoms with Crippen LogP contribution in [0.15, 0.2) is 0 Å². The molecule has 0 aliphatic carbocycles. The van der Waals surface area contributed by atoms with E-state index in [1.54, 1.807) is 0 Å². The number of ether oxygens (including phenoxy) is 1. The molecule has 3 heterocycles. The first-order valence-electron chi connectivity index (χ1n) is 8.31. The number of amides is 1. The Morgan fingerprint density at radius 2 is 1.95 bits per heavy atom. The summed E-state index contributed by atoms with van der Waals surface area (Å²) in [5, 5.41) is 0. The van der Waals surface area contributed by atoms with Crippen LogP contribution >= 0.6 is 0 Å². The molecule has 0 aromatic carbocycles. The molecule has 3 aliphatic heterocycles. The van der Waals surface area contributed by atoms with Crippen molar-refractivity contribution in [1.29, 1.82) is 0 Å². The summed E-state index contributed by atoms with van der Waals surface area (Å²) < 4.78 is 28.6. The normalized spacial score (nSPS) is 35.9. The fourth-order valence-corrected chi connectivity index (χ4v) is 5.74. The first-order chi connectivity index (χ1) is 10.5. The quantitative estimate of drug-likeness (QED) is 0.728. The Kier molecular flexibility index (Phi) is 4.75. The van der Waals surface area contributed by atoms with Crippen molar-refractivity contribution < 1.29 is 17.9 Å². The zero-order chi connectivity index (χ0) is 15.7. The van der Waals surface area contributed by atoms with Gasteiger partial charge in [0, 0.05) is 32.2 Å². The Morgan fingerprint density at radius 1 is 1.23 bits per heavy atom. The maximum atomic E-state index is 12.6. The molecule has 3 rings (SSSR count). The fourth-order valence-electron chi connectivity index (χ4n) is 4.01. The van der Waals surface area contributed by atoms with Crippen LogP contribution in [0.25, 0.3) is 0 Å². The molecule has 3 fully saturated rings. The Balaban J connectivity index is 1.64. The lowest BCUT2D eigenvalue weighted by molar-refractivity contribution is -0.134. The van der Waals surface area contributed by atoms with Crippen LogP contribution < -0.4 is 0 Å². The van der Waals surface area contributed by atoms with E-state index in [4.69, 9.17) is 4.74 Å². The van der Waals surface area contributed by atoms with Gasteiger partial charge in [0.25, 0.3) is 0 Å². The van der Waals surface area contributed by atoms with E-state index in [0.717, 1.165) is 45.8 Å². The fraction of sp³-hybridized carbons (Fsp3) is 0.933. The summed E-state index contributed by atoms with van der Waals surface area (Å²) in [5.41, 5.74) is 0. The van der Waals surface area contributed by atoms with Crippen LogP contribution in [0.4, 0.5) is 0 Å². The smallest absolute Gasteiger partial charge is 0.226 e. The highest BCUT2D eigenvalue weighted by Gasteiger charge is 2.42. The second kappa shape index (κ2) is 6.45. The van der Waals surface area contributed by atoms with E-state index in [0.29, 0.717) is 18.4 Å². The zero-order valence-electron chi connectivity index (χ0n) is 13.2. The van der Waals surface area contributed by atoms with Gasteiger partial charge in [-0.05, 0) is 12.3 Å². The van der Waals surface area contributed by atoms with Crippen LogP contribution in [0.2, 0.25) is 0 Å². The van der Waals surface area contributed by atoms with E-state index in [2.05, 4.69) is 11.8 Å². The molecule has 126 valence electrons. The van der Waals surface area contributed by atoms with Gasteiger partial charge < -0.3 is 9.64 Å². The van der Waals surface area contributed by atoms with Crippen molar-refractivity contribution >= 4 is 15.7 Å². The number of carbonyl (C=O) groups is 1. The van der Waals surface area contributed by atoms with Gasteiger partial charge in [-0.1, -0.05) is 13.3 Å². The molecule has 3 saturated heterocycles. The van der Waals surface area contributed by atoms with Crippen LogP contribution in [-0.4, -0.2) is 81.1 Å². The zero-order valence-corrected chi connectivity index (χ0v) is 14.1. The predicted molar refractivity (Wildman–Crippen MR) is 83.3 cm³/mol. The van der Waals surface area contributed by atoms with Crippen molar-refractivity contribution in [2.75, 3.05) is 50.9 Å². The number of sulfone groups is 1. The summed E-state index contributed by atoms with van der Waals surface area (Å²) in [6, 6.07) is 0.399. The summed E-state index contributed by atoms with van der Waals surface area (Å²) >= 11 is 0. The van der Waals surface area contributed by atoms with Crippen LogP contribution in [0.5, 0.6) is 0 Å². The monoisotopic (exact) mass is 330 g/mol. The minimum absolute atomic E-state index is 0.0430. The van der Waals surface area contributed by atoms with Gasteiger partial charge in [-0.25, -0.2) is 8.42 Å². The second-order valence-corrected chi connectivity index (χ2v) is 8.96. The topological polar surface area (TPSA) is 66.9 Å². The van der Waals surface area contributed by atoms with Crippen molar-refractivity contribution in [3.05, 3.63) is 0 Å². The van der Waals surface area contributed by atoms with Crippen molar-refractivity contribution in [2.45, 2.75) is 25.8 Å². The van der Waals surface area contributed by atoms with Gasteiger partial charge in [-0.15, -0.1) is 0 Å². The third kappa shape index (κ3) is 3.31. The molecule has 3 atom stereocenters. The molecule has 3 aliphatic rings. The Morgan fingerprint density at radius 3 is 2.55 bits per heavy atom. The molecule has 0 unspecified atom stereocenters. The largest absolute Gasteiger partial charge is 0.379 e. The Bertz CT molecular complexity index is 516. The minimum atomic E-state index is -3.00. The molecule has 0 aromatic heterocycles. The Labute approximate surface area is 132 Å². The summed E-state index contributed by atoms with van der Waals surface area (Å²) in [6.07, 6.45) is 1.55. The molecule has 0 N–H and O–H groups in total. The molecule has 0 bridgehead atoms. The van der Waals surface area contributed by atoms with E-state index in [-0.39, 0.29) is 23.3 Å². The summed E-state index contributed by atoms with van der Waals surface area (Å²) in [4.78, 5) is 17.0.